The number of halogens is 1. The Morgan fingerprint density at radius 3 is 2.52 bits per heavy atom. The van der Waals surface area contributed by atoms with Crippen LogP contribution in [0.3, 0.4) is 0 Å². The summed E-state index contributed by atoms with van der Waals surface area (Å²) >= 11 is 5.92. The van der Waals surface area contributed by atoms with Crippen LogP contribution in [0.15, 0.2) is 40.8 Å². The van der Waals surface area contributed by atoms with E-state index in [2.05, 4.69) is 37.9 Å². The van der Waals surface area contributed by atoms with Crippen LogP contribution in [0.25, 0.3) is 22.6 Å². The third kappa shape index (κ3) is 2.61. The van der Waals surface area contributed by atoms with E-state index in [4.69, 9.17) is 21.8 Å². The maximum atomic E-state index is 5.99. The number of oxazole rings is 1. The third-order valence-electron chi connectivity index (χ3n) is 3.50. The smallest absolute Gasteiger partial charge is 0.229 e. The van der Waals surface area contributed by atoms with E-state index in [-0.39, 0.29) is 5.41 Å². The van der Waals surface area contributed by atoms with Gasteiger partial charge in [0.2, 0.25) is 5.89 Å². The number of anilines is 1. The van der Waals surface area contributed by atoms with Crippen LogP contribution in [-0.4, -0.2) is 4.98 Å². The van der Waals surface area contributed by atoms with Crippen molar-refractivity contribution in [2.45, 2.75) is 26.2 Å². The number of nitrogen functional groups attached to an aromatic ring is 1. The zero-order valence-electron chi connectivity index (χ0n) is 12.3. The van der Waals surface area contributed by atoms with Crippen LogP contribution in [-0.2, 0) is 5.41 Å². The van der Waals surface area contributed by atoms with Gasteiger partial charge in [-0.15, -0.1) is 0 Å². The lowest BCUT2D eigenvalue weighted by Crippen LogP contribution is -2.10. The van der Waals surface area contributed by atoms with Crippen LogP contribution in [0.1, 0.15) is 26.3 Å². The van der Waals surface area contributed by atoms with Crippen molar-refractivity contribution in [3.8, 4) is 11.5 Å². The molecule has 21 heavy (non-hydrogen) atoms. The highest BCUT2D eigenvalue weighted by Gasteiger charge is 2.17. The molecule has 1 heterocycles. The largest absolute Gasteiger partial charge is 0.436 e. The van der Waals surface area contributed by atoms with E-state index in [9.17, 15) is 0 Å². The number of nitrogens with two attached hydrogens (primary N) is 1. The van der Waals surface area contributed by atoms with E-state index < -0.39 is 0 Å². The first-order valence-electron chi connectivity index (χ1n) is 6.81. The molecule has 108 valence electrons. The Bertz CT molecular complexity index is 815. The minimum Gasteiger partial charge on any atom is -0.436 e. The van der Waals surface area contributed by atoms with Gasteiger partial charge in [-0.2, -0.15) is 0 Å². The summed E-state index contributed by atoms with van der Waals surface area (Å²) < 4.78 is 5.81. The Morgan fingerprint density at radius 1 is 1.10 bits per heavy atom. The predicted molar refractivity (Wildman–Crippen MR) is 87.6 cm³/mol. The van der Waals surface area contributed by atoms with Gasteiger partial charge in [0.15, 0.2) is 5.58 Å². The van der Waals surface area contributed by atoms with Gasteiger partial charge in [0.25, 0.3) is 0 Å². The van der Waals surface area contributed by atoms with Crippen LogP contribution >= 0.6 is 11.6 Å². The van der Waals surface area contributed by atoms with Gasteiger partial charge in [0.1, 0.15) is 5.52 Å². The monoisotopic (exact) mass is 300 g/mol. The molecule has 0 spiro atoms. The predicted octanol–water partition coefficient (Wildman–Crippen LogP) is 5.03. The minimum atomic E-state index is 0.0760. The van der Waals surface area contributed by atoms with Gasteiger partial charge < -0.3 is 10.2 Å². The van der Waals surface area contributed by atoms with E-state index in [1.807, 2.05) is 12.1 Å². The van der Waals surface area contributed by atoms with Crippen LogP contribution < -0.4 is 5.73 Å². The molecule has 0 aliphatic heterocycles. The molecule has 0 aliphatic carbocycles. The number of benzene rings is 2. The molecule has 0 unspecified atom stereocenters. The van der Waals surface area contributed by atoms with Crippen molar-refractivity contribution < 1.29 is 4.42 Å². The zero-order valence-corrected chi connectivity index (χ0v) is 13.0. The Morgan fingerprint density at radius 2 is 1.86 bits per heavy atom. The first kappa shape index (κ1) is 14.0. The molecule has 2 aromatic carbocycles. The fraction of sp³-hybridized carbons (Fsp3) is 0.235. The molecule has 4 heteroatoms. The number of hydrogen-bond donors (Lipinski definition) is 1. The van der Waals surface area contributed by atoms with Gasteiger partial charge >= 0.3 is 0 Å². The average Bonchev–Trinajstić information content (AvgIpc) is 2.79. The molecule has 1 aromatic heterocycles. The first-order valence-corrected chi connectivity index (χ1v) is 7.19. The summed E-state index contributed by atoms with van der Waals surface area (Å²) in [5, 5.41) is 0.599. The maximum absolute atomic E-state index is 5.99. The highest BCUT2D eigenvalue weighted by molar-refractivity contribution is 6.31. The first-order chi connectivity index (χ1) is 9.84. The molecule has 3 aromatic rings. The number of rotatable bonds is 1. The number of nitrogens with zero attached hydrogens (tertiary/aromatic N) is 1. The molecule has 0 bridgehead atoms. The lowest BCUT2D eigenvalue weighted by Gasteiger charge is -2.18. The summed E-state index contributed by atoms with van der Waals surface area (Å²) in [4.78, 5) is 4.56. The quantitative estimate of drug-likeness (QED) is 0.641. The standard InChI is InChI=1S/C17H17ClN2O/c1-17(2,3)10-4-7-15-14(8-10)20-16(21-15)12-6-5-11(18)9-13(12)19/h4-9H,19H2,1-3H3. The summed E-state index contributed by atoms with van der Waals surface area (Å²) in [5.41, 5.74) is 10.2. The molecule has 0 amide bonds. The number of fused-ring (bicyclic) bond motifs is 1. The van der Waals surface area contributed by atoms with E-state index in [1.54, 1.807) is 12.1 Å². The Hall–Kier alpha value is -2.00. The molecule has 0 atom stereocenters. The van der Waals surface area contributed by atoms with Crippen molar-refractivity contribution in [1.82, 2.24) is 4.98 Å². The summed E-state index contributed by atoms with van der Waals surface area (Å²) in [7, 11) is 0. The van der Waals surface area contributed by atoms with Crippen molar-refractivity contribution in [3.63, 3.8) is 0 Å². The van der Waals surface area contributed by atoms with Crippen LogP contribution in [0.4, 0.5) is 5.69 Å². The van der Waals surface area contributed by atoms with E-state index >= 15 is 0 Å². The molecule has 0 fully saturated rings. The summed E-state index contributed by atoms with van der Waals surface area (Å²) in [5.74, 6) is 0.519. The summed E-state index contributed by atoms with van der Waals surface area (Å²) in [6, 6.07) is 11.4. The summed E-state index contributed by atoms with van der Waals surface area (Å²) in [6.07, 6.45) is 0. The highest BCUT2D eigenvalue weighted by atomic mass is 35.5. The van der Waals surface area contributed by atoms with Gasteiger partial charge in [0.05, 0.1) is 5.56 Å². The van der Waals surface area contributed by atoms with Crippen LogP contribution in [0, 0.1) is 0 Å². The zero-order chi connectivity index (χ0) is 15.2. The second-order valence-corrected chi connectivity index (χ2v) is 6.62. The fourth-order valence-electron chi connectivity index (χ4n) is 2.24. The third-order valence-corrected chi connectivity index (χ3v) is 3.73. The molecule has 2 N–H and O–H groups in total. The molecule has 0 radical (unpaired) electrons. The van der Waals surface area contributed by atoms with E-state index in [0.717, 1.165) is 16.7 Å². The van der Waals surface area contributed by atoms with Crippen LogP contribution in [0.2, 0.25) is 5.02 Å². The highest BCUT2D eigenvalue weighted by Crippen LogP contribution is 2.32. The molecular weight excluding hydrogens is 284 g/mol. The van der Waals surface area contributed by atoms with Crippen molar-refractivity contribution in [2.75, 3.05) is 5.73 Å². The topological polar surface area (TPSA) is 52.0 Å². The molecule has 0 saturated carbocycles. The van der Waals surface area contributed by atoms with Gasteiger partial charge in [-0.05, 0) is 41.3 Å². The normalized spacial score (nSPS) is 12.0. The van der Waals surface area contributed by atoms with Gasteiger partial charge in [-0.25, -0.2) is 4.98 Å². The Labute approximate surface area is 128 Å². The van der Waals surface area contributed by atoms with Gasteiger partial charge in [0, 0.05) is 10.7 Å². The van der Waals surface area contributed by atoms with Crippen molar-refractivity contribution in [1.29, 1.82) is 0 Å². The Kier molecular flexibility index (Phi) is 3.18. The van der Waals surface area contributed by atoms with Crippen molar-refractivity contribution in [3.05, 3.63) is 47.0 Å². The number of hydrogen-bond acceptors (Lipinski definition) is 3. The average molecular weight is 301 g/mol. The summed E-state index contributed by atoms with van der Waals surface area (Å²) in [6.45, 7) is 6.52. The van der Waals surface area contributed by atoms with Crippen molar-refractivity contribution in [2.24, 2.45) is 0 Å². The minimum absolute atomic E-state index is 0.0760. The lowest BCUT2D eigenvalue weighted by atomic mass is 9.87. The van der Waals surface area contributed by atoms with E-state index in [0.29, 0.717) is 16.6 Å². The number of aromatic nitrogens is 1. The fourth-order valence-corrected chi connectivity index (χ4v) is 2.42. The molecule has 3 nitrogen and oxygen atoms in total. The molecule has 0 aliphatic rings. The van der Waals surface area contributed by atoms with Gasteiger partial charge in [-0.3, -0.25) is 0 Å². The Balaban J connectivity index is 2.13. The van der Waals surface area contributed by atoms with E-state index in [1.165, 1.54) is 5.56 Å². The molecule has 3 rings (SSSR count). The molecular formula is C17H17ClN2O. The van der Waals surface area contributed by atoms with Crippen LogP contribution in [0.5, 0.6) is 0 Å². The lowest BCUT2D eigenvalue weighted by molar-refractivity contribution is 0.590. The molecule has 0 saturated heterocycles. The van der Waals surface area contributed by atoms with Gasteiger partial charge in [-0.1, -0.05) is 38.4 Å². The second-order valence-electron chi connectivity index (χ2n) is 6.18. The van der Waals surface area contributed by atoms with Crippen molar-refractivity contribution >= 4 is 28.4 Å². The maximum Gasteiger partial charge on any atom is 0.229 e. The SMILES string of the molecule is CC(C)(C)c1ccc2oc(-c3ccc(Cl)cc3N)nc2c1. The second kappa shape index (κ2) is 4.78.